The molecule has 0 spiro atoms. The van der Waals surface area contributed by atoms with E-state index in [0.717, 1.165) is 86.4 Å². The van der Waals surface area contributed by atoms with Crippen molar-refractivity contribution >= 4 is 50.4 Å². The molecule has 8 aromatic rings. The third kappa shape index (κ3) is 6.28. The minimum atomic E-state index is -0.0619. The van der Waals surface area contributed by atoms with Gasteiger partial charge in [0, 0.05) is 38.5 Å². The maximum absolute atomic E-state index is 9.34. The minimum Gasteiger partial charge on any atom is -0.456 e. The molecule has 10 rings (SSSR count). The largest absolute Gasteiger partial charge is 0.456 e. The summed E-state index contributed by atoms with van der Waals surface area (Å²) in [6, 6.07) is 49.3. The highest BCUT2D eigenvalue weighted by atomic mass is 16.3. The molecule has 2 aliphatic carbocycles. The SMILES string of the molecule is CC1CC=Cc2oc3c(-c4cccc(-c5ccc6c7ccccc7n(-c7cccc(C(=N)/N=C(\CC8(C)C=CC=CC8)c8ccccc8)c7)c6c5)c4)cccc3c21. The van der Waals surface area contributed by atoms with Gasteiger partial charge < -0.3 is 8.98 Å². The van der Waals surface area contributed by atoms with E-state index in [9.17, 15) is 5.41 Å². The second-order valence-corrected chi connectivity index (χ2v) is 15.9. The molecule has 2 heterocycles. The molecule has 1 N–H and O–H groups in total. The van der Waals surface area contributed by atoms with Crippen LogP contribution in [0.5, 0.6) is 0 Å². The van der Waals surface area contributed by atoms with Crippen molar-refractivity contribution in [2.45, 2.75) is 39.0 Å². The van der Waals surface area contributed by atoms with Gasteiger partial charge in [-0.05, 0) is 89.3 Å². The van der Waals surface area contributed by atoms with Crippen LogP contribution in [0.1, 0.15) is 61.5 Å². The molecule has 0 saturated carbocycles. The van der Waals surface area contributed by atoms with Crippen LogP contribution in [0.3, 0.4) is 0 Å². The number of aliphatic imine (C=N–C) groups is 1. The lowest BCUT2D eigenvalue weighted by molar-refractivity contribution is 0.450. The van der Waals surface area contributed by atoms with E-state index in [1.54, 1.807) is 0 Å². The normalized spacial score (nSPS) is 17.8. The Balaban J connectivity index is 1.05. The fourth-order valence-corrected chi connectivity index (χ4v) is 8.92. The summed E-state index contributed by atoms with van der Waals surface area (Å²) in [7, 11) is 0. The fraction of sp³-hybridized carbons (Fsp3) is 0.132. The summed E-state index contributed by atoms with van der Waals surface area (Å²) in [5.41, 5.74) is 12.7. The number of aromatic nitrogens is 1. The highest BCUT2D eigenvalue weighted by molar-refractivity contribution is 6.13. The molecular weight excluding hydrogens is 695 g/mol. The molecule has 6 aromatic carbocycles. The lowest BCUT2D eigenvalue weighted by Crippen LogP contribution is -2.21. The first kappa shape index (κ1) is 34.7. The number of rotatable bonds is 7. The summed E-state index contributed by atoms with van der Waals surface area (Å²) < 4.78 is 8.87. The predicted octanol–water partition coefficient (Wildman–Crippen LogP) is 14.1. The van der Waals surface area contributed by atoms with Crippen molar-refractivity contribution in [3.63, 3.8) is 0 Å². The number of hydrogen-bond donors (Lipinski definition) is 1. The first-order chi connectivity index (χ1) is 27.9. The van der Waals surface area contributed by atoms with Gasteiger partial charge in [0.25, 0.3) is 0 Å². The van der Waals surface area contributed by atoms with E-state index in [-0.39, 0.29) is 11.3 Å². The summed E-state index contributed by atoms with van der Waals surface area (Å²) in [5.74, 6) is 1.67. The van der Waals surface area contributed by atoms with Crippen molar-refractivity contribution in [2.24, 2.45) is 10.4 Å². The summed E-state index contributed by atoms with van der Waals surface area (Å²) >= 11 is 0. The topological polar surface area (TPSA) is 54.3 Å². The Kier molecular flexibility index (Phi) is 8.56. The van der Waals surface area contributed by atoms with Gasteiger partial charge in [-0.15, -0.1) is 0 Å². The summed E-state index contributed by atoms with van der Waals surface area (Å²) in [4.78, 5) is 5.05. The number of nitrogens with zero attached hydrogens (tertiary/aromatic N) is 2. The van der Waals surface area contributed by atoms with Crippen LogP contribution in [0, 0.1) is 10.8 Å². The van der Waals surface area contributed by atoms with Crippen LogP contribution in [0.2, 0.25) is 0 Å². The monoisotopic (exact) mass is 737 g/mol. The first-order valence-corrected chi connectivity index (χ1v) is 20.0. The van der Waals surface area contributed by atoms with E-state index in [4.69, 9.17) is 9.41 Å². The van der Waals surface area contributed by atoms with Crippen molar-refractivity contribution < 1.29 is 4.42 Å². The highest BCUT2D eigenvalue weighted by Crippen LogP contribution is 2.42. The van der Waals surface area contributed by atoms with Crippen molar-refractivity contribution in [1.82, 2.24) is 4.57 Å². The fourth-order valence-electron chi connectivity index (χ4n) is 8.92. The van der Waals surface area contributed by atoms with Gasteiger partial charge >= 0.3 is 0 Å². The standard InChI is InChI=1S/C53H43N3O/c1-35-15-11-26-49-50(35)45-24-14-23-42(51(45)57-49)39-19-12-18-37(31-39)38-27-28-44-43-22-7-8-25-47(43)56(48(44)33-38)41-21-13-20-40(32-41)52(54)55-46(36-16-5-3-6-17-36)34-53(2)29-9-4-10-30-53/h3-14,16-29,31-33,35,54H,15,30,34H2,1-2H3/b54-52?,55-46+. The van der Waals surface area contributed by atoms with Gasteiger partial charge in [-0.3, -0.25) is 5.41 Å². The van der Waals surface area contributed by atoms with Crippen molar-refractivity contribution in [1.29, 1.82) is 5.41 Å². The Hall–Kier alpha value is -6.78. The summed E-state index contributed by atoms with van der Waals surface area (Å²) in [6.45, 7) is 4.55. The van der Waals surface area contributed by atoms with Gasteiger partial charge in [0.1, 0.15) is 11.3 Å². The second-order valence-electron chi connectivity index (χ2n) is 15.9. The summed E-state index contributed by atoms with van der Waals surface area (Å²) in [5, 5.41) is 12.9. The zero-order valence-corrected chi connectivity index (χ0v) is 32.2. The number of allylic oxidation sites excluding steroid dienone is 5. The lowest BCUT2D eigenvalue weighted by atomic mass is 9.78. The molecule has 276 valence electrons. The molecule has 2 aliphatic rings. The number of benzene rings is 6. The predicted molar refractivity (Wildman–Crippen MR) is 239 cm³/mol. The van der Waals surface area contributed by atoms with Crippen LogP contribution < -0.4 is 0 Å². The van der Waals surface area contributed by atoms with Crippen LogP contribution in [-0.2, 0) is 0 Å². The molecule has 0 fully saturated rings. The molecule has 2 aromatic heterocycles. The van der Waals surface area contributed by atoms with E-state index in [0.29, 0.717) is 5.92 Å². The molecule has 57 heavy (non-hydrogen) atoms. The van der Waals surface area contributed by atoms with Gasteiger partial charge in [-0.25, -0.2) is 4.99 Å². The van der Waals surface area contributed by atoms with E-state index in [2.05, 4.69) is 164 Å². The van der Waals surface area contributed by atoms with E-state index in [1.807, 2.05) is 30.3 Å². The minimum absolute atomic E-state index is 0.0619. The molecule has 0 radical (unpaired) electrons. The Morgan fingerprint density at radius 3 is 2.35 bits per heavy atom. The molecule has 2 unspecified atom stereocenters. The van der Waals surface area contributed by atoms with Crippen LogP contribution >= 0.6 is 0 Å². The third-order valence-corrected chi connectivity index (χ3v) is 11.8. The number of para-hydroxylation sites is 2. The molecule has 2 atom stereocenters. The van der Waals surface area contributed by atoms with Gasteiger partial charge in [0.15, 0.2) is 5.84 Å². The molecule has 4 nitrogen and oxygen atoms in total. The number of amidine groups is 1. The highest BCUT2D eigenvalue weighted by Gasteiger charge is 2.25. The average Bonchev–Trinajstić information content (AvgIpc) is 3.80. The van der Waals surface area contributed by atoms with Gasteiger partial charge in [-0.1, -0.05) is 153 Å². The molecular formula is C53H43N3O. The van der Waals surface area contributed by atoms with Crippen LogP contribution in [-0.4, -0.2) is 16.1 Å². The Morgan fingerprint density at radius 1 is 0.719 bits per heavy atom. The van der Waals surface area contributed by atoms with Crippen LogP contribution in [0.4, 0.5) is 0 Å². The second kappa shape index (κ2) is 14.1. The van der Waals surface area contributed by atoms with Gasteiger partial charge in [0.2, 0.25) is 0 Å². The zero-order valence-electron chi connectivity index (χ0n) is 32.2. The van der Waals surface area contributed by atoms with Gasteiger partial charge in [-0.2, -0.15) is 0 Å². The first-order valence-electron chi connectivity index (χ1n) is 20.0. The summed E-state index contributed by atoms with van der Waals surface area (Å²) in [6.07, 6.45) is 15.8. The van der Waals surface area contributed by atoms with Crippen molar-refractivity contribution in [3.8, 4) is 27.9 Å². The number of fused-ring (bicyclic) bond motifs is 6. The Morgan fingerprint density at radius 2 is 1.47 bits per heavy atom. The maximum atomic E-state index is 9.34. The molecule has 0 amide bonds. The Bertz CT molecular complexity index is 2990. The van der Waals surface area contributed by atoms with Crippen LogP contribution in [0.15, 0.2) is 179 Å². The van der Waals surface area contributed by atoms with E-state index in [1.165, 1.54) is 21.7 Å². The number of nitrogens with one attached hydrogen (secondary N) is 1. The Labute approximate surface area is 333 Å². The molecule has 0 aliphatic heterocycles. The quantitative estimate of drug-likeness (QED) is 0.128. The average molecular weight is 738 g/mol. The van der Waals surface area contributed by atoms with E-state index >= 15 is 0 Å². The third-order valence-electron chi connectivity index (χ3n) is 11.8. The van der Waals surface area contributed by atoms with Crippen LogP contribution in [0.25, 0.3) is 66.8 Å². The van der Waals surface area contributed by atoms with Crippen molar-refractivity contribution in [2.75, 3.05) is 0 Å². The molecule has 0 bridgehead atoms. The smallest absolute Gasteiger partial charge is 0.152 e. The van der Waals surface area contributed by atoms with Crippen molar-refractivity contribution in [3.05, 3.63) is 192 Å². The molecule has 0 saturated heterocycles. The van der Waals surface area contributed by atoms with E-state index < -0.39 is 0 Å². The number of hydrogen-bond acceptors (Lipinski definition) is 2. The lowest BCUT2D eigenvalue weighted by Gasteiger charge is -2.27. The zero-order chi connectivity index (χ0) is 38.5. The molecule has 4 heteroatoms. The maximum Gasteiger partial charge on any atom is 0.152 e. The number of furan rings is 1. The van der Waals surface area contributed by atoms with Gasteiger partial charge in [0.05, 0.1) is 16.7 Å².